The molecule has 0 aliphatic heterocycles. The Hall–Kier alpha value is -8.72. The minimum absolute atomic E-state index is 0.347. The van der Waals surface area contributed by atoms with Gasteiger partial charge in [-0.25, -0.2) is 0 Å². The summed E-state index contributed by atoms with van der Waals surface area (Å²) >= 11 is 0.694. The van der Waals surface area contributed by atoms with Crippen LogP contribution < -0.4 is 9.80 Å². The van der Waals surface area contributed by atoms with Gasteiger partial charge in [-0.05, 0) is 33.4 Å². The van der Waals surface area contributed by atoms with Crippen LogP contribution in [-0.2, 0) is 5.41 Å². The van der Waals surface area contributed by atoms with Crippen LogP contribution >= 0.6 is 0 Å². The molecule has 0 radical (unpaired) electrons. The molecule has 0 saturated heterocycles. The van der Waals surface area contributed by atoms with Crippen LogP contribution in [0.1, 0.15) is 22.3 Å². The fourth-order valence-corrected chi connectivity index (χ4v) is 17.4. The molecule has 2 nitrogen and oxygen atoms in total. The third-order valence-corrected chi connectivity index (χ3v) is 21.1. The summed E-state index contributed by atoms with van der Waals surface area (Å²) in [5, 5.41) is 5.52. The summed E-state index contributed by atoms with van der Waals surface area (Å²) in [6, 6.07) is 105. The van der Waals surface area contributed by atoms with Crippen molar-refractivity contribution in [1.29, 1.82) is 0 Å². The number of anilines is 6. The molecule has 0 N–H and O–H groups in total. The average molecular weight is 1110 g/mol. The third kappa shape index (κ3) is 6.94. The van der Waals surface area contributed by atoms with E-state index < -0.39 is 5.41 Å². The van der Waals surface area contributed by atoms with Gasteiger partial charge in [-0.2, -0.15) is 0 Å². The summed E-state index contributed by atoms with van der Waals surface area (Å²) in [7, 11) is 0. The standard InChI is InChI=1S/C73H46N2Se2/c1-3-15-51(16-4-1)74(53-33-27-47(28-34-53)49-31-41-71-63(43-49)61-21-9-13-25-69(61)76-71)55-37-39-59-60-40-38-56(46-68(60)73(67(59)45-55)65-23-11-7-19-57(65)58-20-8-12-24-66(58)73)75(52-17-5-2-6-18-52)54-35-29-48(30-36-54)50-32-42-72-64(44-50)62-22-10-14-26-70(62)77-72/h1-46H. The van der Waals surface area contributed by atoms with Crippen molar-refractivity contribution >= 4 is 102 Å². The second kappa shape index (κ2) is 17.7. The molecule has 0 amide bonds. The molecular weight excluding hydrogens is 1060 g/mol. The van der Waals surface area contributed by atoms with Crippen LogP contribution in [0.4, 0.5) is 34.1 Å². The minimum atomic E-state index is -0.580. The Kier molecular flexibility index (Phi) is 10.2. The number of hydrogen-bond acceptors (Lipinski definition) is 2. The van der Waals surface area contributed by atoms with E-state index in [1.165, 1.54) is 105 Å². The second-order valence-corrected chi connectivity index (χ2v) is 24.9. The zero-order valence-electron chi connectivity index (χ0n) is 41.8. The van der Waals surface area contributed by atoms with Gasteiger partial charge in [0.25, 0.3) is 0 Å². The predicted octanol–water partition coefficient (Wildman–Crippen LogP) is 19.0. The van der Waals surface area contributed by atoms with Gasteiger partial charge < -0.3 is 0 Å². The van der Waals surface area contributed by atoms with Gasteiger partial charge in [0.1, 0.15) is 0 Å². The molecule has 2 heterocycles. The van der Waals surface area contributed by atoms with Crippen LogP contribution in [-0.4, -0.2) is 29.0 Å². The summed E-state index contributed by atoms with van der Waals surface area (Å²) in [6.07, 6.45) is 0. The van der Waals surface area contributed by atoms with Gasteiger partial charge in [-0.15, -0.1) is 0 Å². The maximum atomic E-state index is 2.50. The van der Waals surface area contributed by atoms with E-state index in [0.29, 0.717) is 29.0 Å². The number of benzene rings is 12. The first-order valence-electron chi connectivity index (χ1n) is 26.4. The van der Waals surface area contributed by atoms with Crippen molar-refractivity contribution < 1.29 is 0 Å². The quantitative estimate of drug-likeness (QED) is 0.140. The number of para-hydroxylation sites is 2. The topological polar surface area (TPSA) is 6.48 Å². The van der Waals surface area contributed by atoms with E-state index in [0.717, 1.165) is 34.1 Å². The number of fused-ring (bicyclic) bond motifs is 16. The Morgan fingerprint density at radius 1 is 0.221 bits per heavy atom. The number of nitrogens with zero attached hydrogens (tertiary/aromatic N) is 2. The SMILES string of the molecule is c1ccc(N(c2ccc(-c3ccc4[se]c5ccccc5c4c3)cc2)c2ccc3c(c2)C2(c4ccccc4-c4ccccc42)c2cc(N(c4ccccc4)c4ccc(-c5ccc6[se]c7ccccc7c6c5)cc4)ccc2-3)cc1. The molecule has 14 aromatic rings. The molecular formula is C73H46N2Se2. The van der Waals surface area contributed by atoms with Crippen LogP contribution in [0.15, 0.2) is 279 Å². The summed E-state index contributed by atoms with van der Waals surface area (Å²) in [5.41, 5.74) is 21.4. The van der Waals surface area contributed by atoms with E-state index in [-0.39, 0.29) is 0 Å². The average Bonchev–Trinajstić information content (AvgIpc) is 4.40. The zero-order valence-corrected chi connectivity index (χ0v) is 45.2. The van der Waals surface area contributed by atoms with Gasteiger partial charge in [-0.1, -0.05) is 60.7 Å². The van der Waals surface area contributed by atoms with Gasteiger partial charge in [0, 0.05) is 0 Å². The van der Waals surface area contributed by atoms with Crippen LogP contribution in [0.5, 0.6) is 0 Å². The van der Waals surface area contributed by atoms with Crippen LogP contribution in [0.2, 0.25) is 0 Å². The molecule has 0 fully saturated rings. The molecule has 12 aromatic carbocycles. The molecule has 0 unspecified atom stereocenters. The van der Waals surface area contributed by atoms with Crippen molar-refractivity contribution in [3.63, 3.8) is 0 Å². The monoisotopic (exact) mass is 1110 g/mol. The number of hydrogen-bond donors (Lipinski definition) is 0. The van der Waals surface area contributed by atoms with Crippen molar-refractivity contribution in [1.82, 2.24) is 0 Å². The maximum absolute atomic E-state index is 2.50. The Balaban J connectivity index is 0.838. The Bertz CT molecular complexity index is 4330. The molecule has 2 aliphatic carbocycles. The first-order valence-corrected chi connectivity index (χ1v) is 29.8. The van der Waals surface area contributed by atoms with Crippen molar-refractivity contribution in [2.45, 2.75) is 5.41 Å². The van der Waals surface area contributed by atoms with E-state index >= 15 is 0 Å². The summed E-state index contributed by atoms with van der Waals surface area (Å²) in [5.74, 6) is 0. The molecule has 0 bridgehead atoms. The fourth-order valence-electron chi connectivity index (χ4n) is 12.9. The molecule has 360 valence electrons. The van der Waals surface area contributed by atoms with E-state index in [9.17, 15) is 0 Å². The fraction of sp³-hybridized carbons (Fsp3) is 0.0137. The van der Waals surface area contributed by atoms with Gasteiger partial charge in [0.15, 0.2) is 0 Å². The van der Waals surface area contributed by atoms with Crippen molar-refractivity contribution in [3.05, 3.63) is 301 Å². The Morgan fingerprint density at radius 3 is 1.01 bits per heavy atom. The summed E-state index contributed by atoms with van der Waals surface area (Å²) < 4.78 is 5.87. The van der Waals surface area contributed by atoms with Gasteiger partial charge >= 0.3 is 363 Å². The van der Waals surface area contributed by atoms with Crippen LogP contribution in [0, 0.1) is 0 Å². The number of rotatable bonds is 8. The molecule has 1 spiro atoms. The van der Waals surface area contributed by atoms with E-state index in [1.54, 1.807) is 0 Å². The molecule has 16 rings (SSSR count). The van der Waals surface area contributed by atoms with E-state index in [1.807, 2.05) is 0 Å². The molecule has 2 aromatic heterocycles. The van der Waals surface area contributed by atoms with E-state index in [2.05, 4.69) is 289 Å². The first-order chi connectivity index (χ1) is 38.2. The van der Waals surface area contributed by atoms with Crippen LogP contribution in [0.3, 0.4) is 0 Å². The first kappa shape index (κ1) is 44.6. The van der Waals surface area contributed by atoms with Crippen molar-refractivity contribution in [2.75, 3.05) is 9.80 Å². The predicted molar refractivity (Wildman–Crippen MR) is 327 cm³/mol. The summed E-state index contributed by atoms with van der Waals surface area (Å²) in [6.45, 7) is 0. The van der Waals surface area contributed by atoms with Crippen molar-refractivity contribution in [3.8, 4) is 44.5 Å². The van der Waals surface area contributed by atoms with Gasteiger partial charge in [-0.3, -0.25) is 0 Å². The van der Waals surface area contributed by atoms with E-state index in [4.69, 9.17) is 0 Å². The van der Waals surface area contributed by atoms with Crippen molar-refractivity contribution in [2.24, 2.45) is 0 Å². The molecule has 4 heteroatoms. The zero-order chi connectivity index (χ0) is 50.6. The summed E-state index contributed by atoms with van der Waals surface area (Å²) in [4.78, 5) is 4.87. The Morgan fingerprint density at radius 2 is 0.558 bits per heavy atom. The van der Waals surface area contributed by atoms with Crippen LogP contribution in [0.25, 0.3) is 83.1 Å². The molecule has 0 saturated carbocycles. The molecule has 0 atom stereocenters. The van der Waals surface area contributed by atoms with Gasteiger partial charge in [0.05, 0.1) is 5.41 Å². The molecule has 77 heavy (non-hydrogen) atoms. The third-order valence-electron chi connectivity index (χ3n) is 16.3. The normalized spacial score (nSPS) is 12.8. The molecule has 2 aliphatic rings. The Labute approximate surface area is 459 Å². The van der Waals surface area contributed by atoms with Gasteiger partial charge in [0.2, 0.25) is 0 Å². The second-order valence-electron chi connectivity index (χ2n) is 20.4.